The van der Waals surface area contributed by atoms with Crippen LogP contribution in [0.25, 0.3) is 21.0 Å². The number of aromatic nitrogens is 2. The van der Waals surface area contributed by atoms with Gasteiger partial charge in [0.05, 0.1) is 24.7 Å². The van der Waals surface area contributed by atoms with Crippen molar-refractivity contribution >= 4 is 38.2 Å². The number of nitrogens with one attached hydrogen (secondary N) is 1. The lowest BCUT2D eigenvalue weighted by Crippen LogP contribution is -2.28. The predicted octanol–water partition coefficient (Wildman–Crippen LogP) is 3.42. The van der Waals surface area contributed by atoms with E-state index in [0.717, 1.165) is 10.8 Å². The SMILES string of the molecule is COc1cc2ccccc2cc1C(=O)N(C)Cc1nc2ccsc2c(=O)[nH]1. The highest BCUT2D eigenvalue weighted by atomic mass is 32.1. The van der Waals surface area contributed by atoms with Crippen LogP contribution in [0.3, 0.4) is 0 Å². The number of carbonyl (C=O) groups is 1. The number of thiophene rings is 1. The van der Waals surface area contributed by atoms with Crippen molar-refractivity contribution in [2.75, 3.05) is 14.2 Å². The van der Waals surface area contributed by atoms with Crippen LogP contribution in [0.15, 0.2) is 52.6 Å². The normalized spacial score (nSPS) is 11.0. The summed E-state index contributed by atoms with van der Waals surface area (Å²) in [4.78, 5) is 33.8. The number of aromatic amines is 1. The molecule has 2 heterocycles. The topological polar surface area (TPSA) is 75.3 Å². The molecule has 0 aliphatic rings. The largest absolute Gasteiger partial charge is 0.496 e. The van der Waals surface area contributed by atoms with Crippen LogP contribution in [0.4, 0.5) is 0 Å². The first-order valence-corrected chi connectivity index (χ1v) is 9.23. The van der Waals surface area contributed by atoms with E-state index in [0.29, 0.717) is 27.4 Å². The van der Waals surface area contributed by atoms with Crippen LogP contribution >= 0.6 is 11.3 Å². The summed E-state index contributed by atoms with van der Waals surface area (Å²) in [5, 5.41) is 3.79. The summed E-state index contributed by atoms with van der Waals surface area (Å²) < 4.78 is 6.01. The number of nitrogens with zero attached hydrogens (tertiary/aromatic N) is 2. The fourth-order valence-electron chi connectivity index (χ4n) is 3.05. The number of hydrogen-bond donors (Lipinski definition) is 1. The van der Waals surface area contributed by atoms with Gasteiger partial charge >= 0.3 is 0 Å². The molecule has 0 radical (unpaired) electrons. The monoisotopic (exact) mass is 379 g/mol. The zero-order valence-corrected chi connectivity index (χ0v) is 15.7. The summed E-state index contributed by atoms with van der Waals surface area (Å²) in [7, 11) is 3.22. The standard InChI is InChI=1S/C20H17N3O3S/c1-23(11-17-21-15-7-8-27-18(15)19(24)22-17)20(25)14-9-12-5-3-4-6-13(12)10-16(14)26-2/h3-10H,11H2,1-2H3,(H,21,22,24). The Morgan fingerprint density at radius 3 is 2.70 bits per heavy atom. The third-order valence-electron chi connectivity index (χ3n) is 4.40. The second-order valence-corrected chi connectivity index (χ2v) is 7.12. The number of carbonyl (C=O) groups excluding carboxylic acids is 1. The first-order valence-electron chi connectivity index (χ1n) is 8.35. The maximum Gasteiger partial charge on any atom is 0.268 e. The molecule has 27 heavy (non-hydrogen) atoms. The van der Waals surface area contributed by atoms with Gasteiger partial charge < -0.3 is 14.6 Å². The molecule has 0 saturated heterocycles. The van der Waals surface area contributed by atoms with Crippen molar-refractivity contribution in [3.05, 3.63) is 69.6 Å². The van der Waals surface area contributed by atoms with Crippen LogP contribution in [0, 0.1) is 0 Å². The summed E-state index contributed by atoms with van der Waals surface area (Å²) in [5.41, 5.74) is 0.926. The van der Waals surface area contributed by atoms with Gasteiger partial charge in [-0.15, -0.1) is 11.3 Å². The zero-order valence-electron chi connectivity index (χ0n) is 14.9. The van der Waals surface area contributed by atoms with Gasteiger partial charge in [0.1, 0.15) is 16.3 Å². The fraction of sp³-hybridized carbons (Fsp3) is 0.150. The molecule has 0 aliphatic carbocycles. The number of benzene rings is 2. The molecule has 0 bridgehead atoms. The van der Waals surface area contributed by atoms with E-state index in [-0.39, 0.29) is 18.0 Å². The van der Waals surface area contributed by atoms with Crippen LogP contribution in [-0.2, 0) is 6.54 Å². The van der Waals surface area contributed by atoms with E-state index in [1.807, 2.05) is 41.8 Å². The highest BCUT2D eigenvalue weighted by molar-refractivity contribution is 7.17. The lowest BCUT2D eigenvalue weighted by molar-refractivity contribution is 0.0778. The summed E-state index contributed by atoms with van der Waals surface area (Å²) in [6, 6.07) is 13.3. The Balaban J connectivity index is 1.67. The average Bonchev–Trinajstić information content (AvgIpc) is 3.15. The first-order chi connectivity index (χ1) is 13.1. The second kappa shape index (κ2) is 6.85. The van der Waals surface area contributed by atoms with E-state index in [1.165, 1.54) is 16.2 Å². The van der Waals surface area contributed by atoms with Crippen molar-refractivity contribution in [2.24, 2.45) is 0 Å². The summed E-state index contributed by atoms with van der Waals surface area (Å²) >= 11 is 1.35. The number of ether oxygens (including phenoxy) is 1. The van der Waals surface area contributed by atoms with Crippen molar-refractivity contribution in [2.45, 2.75) is 6.54 Å². The van der Waals surface area contributed by atoms with Gasteiger partial charge in [-0.1, -0.05) is 24.3 Å². The van der Waals surface area contributed by atoms with Crippen LogP contribution in [0.2, 0.25) is 0 Å². The van der Waals surface area contributed by atoms with Crippen LogP contribution in [0.1, 0.15) is 16.2 Å². The minimum atomic E-state index is -0.203. The molecule has 4 rings (SSSR count). The molecule has 0 spiro atoms. The number of hydrogen-bond acceptors (Lipinski definition) is 5. The van der Waals surface area contributed by atoms with Gasteiger partial charge in [0.25, 0.3) is 11.5 Å². The van der Waals surface area contributed by atoms with Gasteiger partial charge in [-0.05, 0) is 34.4 Å². The number of H-pyrrole nitrogens is 1. The quantitative estimate of drug-likeness (QED) is 0.590. The van der Waals surface area contributed by atoms with Gasteiger partial charge in [-0.2, -0.15) is 0 Å². The summed E-state index contributed by atoms with van der Waals surface area (Å²) in [6.45, 7) is 0.190. The lowest BCUT2D eigenvalue weighted by atomic mass is 10.0. The highest BCUT2D eigenvalue weighted by Gasteiger charge is 2.19. The molecule has 136 valence electrons. The molecule has 1 N–H and O–H groups in total. The van der Waals surface area contributed by atoms with E-state index in [1.54, 1.807) is 20.2 Å². The highest BCUT2D eigenvalue weighted by Crippen LogP contribution is 2.27. The molecule has 0 aliphatic heterocycles. The minimum absolute atomic E-state index is 0.186. The maximum absolute atomic E-state index is 13.0. The summed E-state index contributed by atoms with van der Waals surface area (Å²) in [5.74, 6) is 0.757. The van der Waals surface area contributed by atoms with E-state index < -0.39 is 0 Å². The molecule has 0 fully saturated rings. The van der Waals surface area contributed by atoms with E-state index in [2.05, 4.69) is 9.97 Å². The molecule has 0 unspecified atom stereocenters. The molecular weight excluding hydrogens is 362 g/mol. The molecule has 0 atom stereocenters. The number of amides is 1. The molecule has 7 heteroatoms. The van der Waals surface area contributed by atoms with Gasteiger partial charge in [0.15, 0.2) is 0 Å². The Morgan fingerprint density at radius 2 is 1.96 bits per heavy atom. The Labute approximate surface area is 159 Å². The second-order valence-electron chi connectivity index (χ2n) is 6.21. The fourth-order valence-corrected chi connectivity index (χ4v) is 3.78. The molecule has 2 aromatic heterocycles. The van der Waals surface area contributed by atoms with Gasteiger partial charge in [-0.25, -0.2) is 4.98 Å². The number of fused-ring (bicyclic) bond motifs is 2. The van der Waals surface area contributed by atoms with Gasteiger partial charge in [0.2, 0.25) is 0 Å². The van der Waals surface area contributed by atoms with Crippen LogP contribution in [-0.4, -0.2) is 34.9 Å². The average molecular weight is 379 g/mol. The summed E-state index contributed by atoms with van der Waals surface area (Å²) in [6.07, 6.45) is 0. The third-order valence-corrected chi connectivity index (χ3v) is 5.30. The Hall–Kier alpha value is -3.19. The Kier molecular flexibility index (Phi) is 4.37. The Bertz CT molecular complexity index is 1210. The van der Waals surface area contributed by atoms with Crippen molar-refractivity contribution in [3.8, 4) is 5.75 Å². The Morgan fingerprint density at radius 1 is 1.22 bits per heavy atom. The molecule has 4 aromatic rings. The van der Waals surface area contributed by atoms with Crippen LogP contribution < -0.4 is 10.3 Å². The minimum Gasteiger partial charge on any atom is -0.496 e. The lowest BCUT2D eigenvalue weighted by Gasteiger charge is -2.18. The zero-order chi connectivity index (χ0) is 19.0. The van der Waals surface area contributed by atoms with Crippen LogP contribution in [0.5, 0.6) is 5.75 Å². The van der Waals surface area contributed by atoms with Crippen molar-refractivity contribution in [3.63, 3.8) is 0 Å². The first kappa shape index (κ1) is 17.2. The van der Waals surface area contributed by atoms with Crippen molar-refractivity contribution < 1.29 is 9.53 Å². The third kappa shape index (κ3) is 3.17. The van der Waals surface area contributed by atoms with E-state index in [4.69, 9.17) is 4.74 Å². The maximum atomic E-state index is 13.0. The number of rotatable bonds is 4. The number of methoxy groups -OCH3 is 1. The molecule has 6 nitrogen and oxygen atoms in total. The van der Waals surface area contributed by atoms with E-state index in [9.17, 15) is 9.59 Å². The van der Waals surface area contributed by atoms with Crippen molar-refractivity contribution in [1.29, 1.82) is 0 Å². The van der Waals surface area contributed by atoms with Gasteiger partial charge in [-0.3, -0.25) is 9.59 Å². The molecule has 0 saturated carbocycles. The molecular formula is C20H17N3O3S. The predicted molar refractivity (Wildman–Crippen MR) is 107 cm³/mol. The molecule has 2 aromatic carbocycles. The smallest absolute Gasteiger partial charge is 0.268 e. The van der Waals surface area contributed by atoms with Gasteiger partial charge in [0, 0.05) is 7.05 Å². The molecule has 1 amide bonds. The van der Waals surface area contributed by atoms with E-state index >= 15 is 0 Å². The van der Waals surface area contributed by atoms with Crippen molar-refractivity contribution in [1.82, 2.24) is 14.9 Å².